The smallest absolute Gasteiger partial charge is 0.0781 e. The minimum absolute atomic E-state index is 0.387. The molecule has 0 spiro atoms. The van der Waals surface area contributed by atoms with E-state index in [1.165, 1.54) is 31.4 Å². The van der Waals surface area contributed by atoms with E-state index < -0.39 is 0 Å². The van der Waals surface area contributed by atoms with E-state index >= 15 is 0 Å². The number of aliphatic hydroxyl groups is 1. The Labute approximate surface area is 104 Å². The van der Waals surface area contributed by atoms with Crippen molar-refractivity contribution < 1.29 is 5.11 Å². The highest BCUT2D eigenvalue weighted by Gasteiger charge is 2.23. The van der Waals surface area contributed by atoms with Crippen molar-refractivity contribution in [2.45, 2.75) is 51.7 Å². The van der Waals surface area contributed by atoms with Crippen molar-refractivity contribution in [3.05, 3.63) is 29.8 Å². The number of anilines is 1. The fraction of sp³-hybridized carbons (Fsp3) is 0.600. The fourth-order valence-electron chi connectivity index (χ4n) is 2.94. The summed E-state index contributed by atoms with van der Waals surface area (Å²) in [5.74, 6) is 0. The molecule has 1 fully saturated rings. The summed E-state index contributed by atoms with van der Waals surface area (Å²) in [6, 6.07) is 8.92. The molecule has 94 valence electrons. The van der Waals surface area contributed by atoms with E-state index in [4.69, 9.17) is 0 Å². The monoisotopic (exact) mass is 233 g/mol. The molecular weight excluding hydrogens is 210 g/mol. The minimum Gasteiger partial charge on any atom is -0.389 e. The zero-order chi connectivity index (χ0) is 12.3. The van der Waals surface area contributed by atoms with Crippen LogP contribution in [-0.4, -0.2) is 17.7 Å². The van der Waals surface area contributed by atoms with Gasteiger partial charge in [-0.05, 0) is 32.8 Å². The molecule has 1 saturated carbocycles. The second kappa shape index (κ2) is 5.54. The predicted octanol–water partition coefficient (Wildman–Crippen LogP) is 3.51. The predicted molar refractivity (Wildman–Crippen MR) is 72.4 cm³/mol. The molecule has 0 saturated heterocycles. The highest BCUT2D eigenvalue weighted by atomic mass is 16.3. The van der Waals surface area contributed by atoms with Crippen LogP contribution in [0.2, 0.25) is 0 Å². The second-order valence-electron chi connectivity index (χ2n) is 4.96. The summed E-state index contributed by atoms with van der Waals surface area (Å²) in [4.78, 5) is 2.47. The molecule has 0 bridgehead atoms. The van der Waals surface area contributed by atoms with Crippen LogP contribution >= 0.6 is 0 Å². The molecule has 0 amide bonds. The van der Waals surface area contributed by atoms with E-state index in [1.807, 2.05) is 19.1 Å². The van der Waals surface area contributed by atoms with Gasteiger partial charge in [-0.25, -0.2) is 0 Å². The van der Waals surface area contributed by atoms with Gasteiger partial charge in [0.05, 0.1) is 6.10 Å². The topological polar surface area (TPSA) is 23.5 Å². The van der Waals surface area contributed by atoms with E-state index in [9.17, 15) is 5.11 Å². The molecule has 1 unspecified atom stereocenters. The van der Waals surface area contributed by atoms with Gasteiger partial charge in [0.2, 0.25) is 0 Å². The molecule has 1 aliphatic rings. The molecule has 1 N–H and O–H groups in total. The van der Waals surface area contributed by atoms with E-state index in [1.54, 1.807) is 0 Å². The molecule has 17 heavy (non-hydrogen) atoms. The maximum Gasteiger partial charge on any atom is 0.0781 e. The van der Waals surface area contributed by atoms with Crippen LogP contribution in [0, 0.1) is 0 Å². The van der Waals surface area contributed by atoms with E-state index in [0.29, 0.717) is 6.04 Å². The van der Waals surface area contributed by atoms with Gasteiger partial charge in [-0.1, -0.05) is 31.0 Å². The first-order valence-corrected chi connectivity index (χ1v) is 6.77. The summed E-state index contributed by atoms with van der Waals surface area (Å²) in [6.45, 7) is 5.08. The number of rotatable bonds is 4. The van der Waals surface area contributed by atoms with Gasteiger partial charge in [0, 0.05) is 23.8 Å². The van der Waals surface area contributed by atoms with Gasteiger partial charge < -0.3 is 10.0 Å². The summed E-state index contributed by atoms with van der Waals surface area (Å²) < 4.78 is 0. The lowest BCUT2D eigenvalue weighted by Gasteiger charge is -2.32. The minimum atomic E-state index is -0.387. The van der Waals surface area contributed by atoms with Crippen LogP contribution in [0.25, 0.3) is 0 Å². The summed E-state index contributed by atoms with van der Waals surface area (Å²) in [5, 5.41) is 9.87. The van der Waals surface area contributed by atoms with Crippen molar-refractivity contribution in [2.24, 2.45) is 0 Å². The first kappa shape index (κ1) is 12.4. The number of hydrogen-bond acceptors (Lipinski definition) is 2. The van der Waals surface area contributed by atoms with Crippen LogP contribution in [0.4, 0.5) is 5.69 Å². The lowest BCUT2D eigenvalue weighted by molar-refractivity contribution is 0.199. The van der Waals surface area contributed by atoms with Crippen molar-refractivity contribution in [3.63, 3.8) is 0 Å². The number of benzene rings is 1. The van der Waals surface area contributed by atoms with E-state index in [2.05, 4.69) is 24.0 Å². The Morgan fingerprint density at radius 3 is 2.53 bits per heavy atom. The average molecular weight is 233 g/mol. The van der Waals surface area contributed by atoms with E-state index in [-0.39, 0.29) is 6.10 Å². The summed E-state index contributed by atoms with van der Waals surface area (Å²) in [5.41, 5.74) is 2.28. The van der Waals surface area contributed by atoms with Crippen LogP contribution in [0.3, 0.4) is 0 Å². The van der Waals surface area contributed by atoms with Crippen molar-refractivity contribution >= 4 is 5.69 Å². The summed E-state index contributed by atoms with van der Waals surface area (Å²) >= 11 is 0. The molecule has 2 nitrogen and oxygen atoms in total. The van der Waals surface area contributed by atoms with Gasteiger partial charge in [-0.15, -0.1) is 0 Å². The zero-order valence-electron chi connectivity index (χ0n) is 10.9. The molecule has 1 atom stereocenters. The maximum absolute atomic E-state index is 9.87. The SMILES string of the molecule is CCN(c1ccccc1C(C)O)C1CCCC1. The Balaban J connectivity index is 2.29. The Morgan fingerprint density at radius 2 is 1.94 bits per heavy atom. The molecular formula is C15H23NO. The van der Waals surface area contributed by atoms with Gasteiger partial charge in [0.1, 0.15) is 0 Å². The summed E-state index contributed by atoms with van der Waals surface area (Å²) in [6.07, 6.45) is 4.89. The molecule has 1 aromatic carbocycles. The number of nitrogens with zero attached hydrogens (tertiary/aromatic N) is 1. The molecule has 0 aliphatic heterocycles. The molecule has 0 radical (unpaired) electrons. The highest BCUT2D eigenvalue weighted by Crippen LogP contribution is 2.32. The van der Waals surface area contributed by atoms with Gasteiger partial charge >= 0.3 is 0 Å². The van der Waals surface area contributed by atoms with Gasteiger partial charge in [-0.2, -0.15) is 0 Å². The first-order valence-electron chi connectivity index (χ1n) is 6.77. The lowest BCUT2D eigenvalue weighted by atomic mass is 10.1. The molecule has 2 heteroatoms. The van der Waals surface area contributed by atoms with Crippen molar-refractivity contribution in [3.8, 4) is 0 Å². The second-order valence-corrected chi connectivity index (χ2v) is 4.96. The third-order valence-corrected chi connectivity index (χ3v) is 3.80. The molecule has 1 aliphatic carbocycles. The standard InChI is InChI=1S/C15H23NO/c1-3-16(13-8-4-5-9-13)15-11-7-6-10-14(15)12(2)17/h6-7,10-13,17H,3-5,8-9H2,1-2H3. The lowest BCUT2D eigenvalue weighted by Crippen LogP contribution is -2.33. The molecule has 2 rings (SSSR count). The largest absolute Gasteiger partial charge is 0.389 e. The van der Waals surface area contributed by atoms with Crippen LogP contribution < -0.4 is 4.90 Å². The fourth-order valence-corrected chi connectivity index (χ4v) is 2.94. The number of para-hydroxylation sites is 1. The van der Waals surface area contributed by atoms with Crippen LogP contribution in [0.5, 0.6) is 0 Å². The Hall–Kier alpha value is -1.02. The van der Waals surface area contributed by atoms with Gasteiger partial charge in [0.15, 0.2) is 0 Å². The summed E-state index contributed by atoms with van der Waals surface area (Å²) in [7, 11) is 0. The Kier molecular flexibility index (Phi) is 4.06. The number of hydrogen-bond donors (Lipinski definition) is 1. The Morgan fingerprint density at radius 1 is 1.29 bits per heavy atom. The van der Waals surface area contributed by atoms with Crippen LogP contribution in [0.1, 0.15) is 51.2 Å². The van der Waals surface area contributed by atoms with Crippen molar-refractivity contribution in [1.82, 2.24) is 0 Å². The normalized spacial score (nSPS) is 18.3. The third-order valence-electron chi connectivity index (χ3n) is 3.80. The van der Waals surface area contributed by atoms with Crippen molar-refractivity contribution in [2.75, 3.05) is 11.4 Å². The number of aliphatic hydroxyl groups excluding tert-OH is 1. The Bertz CT molecular complexity index is 356. The quantitative estimate of drug-likeness (QED) is 0.860. The molecule has 1 aromatic rings. The third kappa shape index (κ3) is 2.63. The van der Waals surface area contributed by atoms with Gasteiger partial charge in [-0.3, -0.25) is 0 Å². The van der Waals surface area contributed by atoms with E-state index in [0.717, 1.165) is 12.1 Å². The zero-order valence-corrected chi connectivity index (χ0v) is 10.9. The first-order chi connectivity index (χ1) is 8.24. The highest BCUT2D eigenvalue weighted by molar-refractivity contribution is 5.55. The molecule has 0 heterocycles. The molecule has 0 aromatic heterocycles. The maximum atomic E-state index is 9.87. The van der Waals surface area contributed by atoms with Crippen LogP contribution in [0.15, 0.2) is 24.3 Å². The average Bonchev–Trinajstić information content (AvgIpc) is 2.84. The van der Waals surface area contributed by atoms with Crippen molar-refractivity contribution in [1.29, 1.82) is 0 Å². The van der Waals surface area contributed by atoms with Gasteiger partial charge in [0.25, 0.3) is 0 Å². The van der Waals surface area contributed by atoms with Crippen LogP contribution in [-0.2, 0) is 0 Å².